The Labute approximate surface area is 79.8 Å². The van der Waals surface area contributed by atoms with Gasteiger partial charge >= 0.3 is 5.97 Å². The fraction of sp³-hybridized carbons (Fsp3) is 0.900. The van der Waals surface area contributed by atoms with Crippen molar-refractivity contribution >= 4 is 5.97 Å². The third-order valence-electron chi connectivity index (χ3n) is 2.61. The highest BCUT2D eigenvalue weighted by Crippen LogP contribution is 2.19. The molecule has 2 unspecified atom stereocenters. The molecule has 0 rings (SSSR count). The van der Waals surface area contributed by atoms with Gasteiger partial charge in [-0.2, -0.15) is 0 Å². The molecule has 3 nitrogen and oxygen atoms in total. The van der Waals surface area contributed by atoms with Gasteiger partial charge in [0.1, 0.15) is 0 Å². The van der Waals surface area contributed by atoms with Gasteiger partial charge in [-0.05, 0) is 12.3 Å². The van der Waals surface area contributed by atoms with Crippen molar-refractivity contribution < 1.29 is 15.0 Å². The molecule has 0 aromatic carbocycles. The molecule has 0 aliphatic heterocycles. The SMILES string of the molecule is CCC(CC)C(O)CC(C)C(=O)O. The lowest BCUT2D eigenvalue weighted by atomic mass is 9.90. The van der Waals surface area contributed by atoms with Crippen molar-refractivity contribution in [3.8, 4) is 0 Å². The van der Waals surface area contributed by atoms with E-state index in [1.807, 2.05) is 13.8 Å². The van der Waals surface area contributed by atoms with E-state index >= 15 is 0 Å². The summed E-state index contributed by atoms with van der Waals surface area (Å²) in [6, 6.07) is 0. The molecule has 0 radical (unpaired) electrons. The predicted octanol–water partition coefficient (Wildman–Crippen LogP) is 1.89. The molecule has 0 heterocycles. The number of carbonyl (C=O) groups is 1. The van der Waals surface area contributed by atoms with E-state index in [4.69, 9.17) is 5.11 Å². The van der Waals surface area contributed by atoms with Crippen LogP contribution in [0.25, 0.3) is 0 Å². The monoisotopic (exact) mass is 188 g/mol. The number of aliphatic carboxylic acids is 1. The summed E-state index contributed by atoms with van der Waals surface area (Å²) in [6.07, 6.45) is 1.71. The minimum atomic E-state index is -0.829. The molecule has 0 saturated heterocycles. The van der Waals surface area contributed by atoms with Gasteiger partial charge in [0.25, 0.3) is 0 Å². The van der Waals surface area contributed by atoms with Gasteiger partial charge < -0.3 is 10.2 Å². The van der Waals surface area contributed by atoms with Crippen LogP contribution in [0.3, 0.4) is 0 Å². The summed E-state index contributed by atoms with van der Waals surface area (Å²) in [6.45, 7) is 5.67. The summed E-state index contributed by atoms with van der Waals surface area (Å²) in [4.78, 5) is 10.5. The summed E-state index contributed by atoms with van der Waals surface area (Å²) in [5, 5.41) is 18.3. The standard InChI is InChI=1S/C10H20O3/c1-4-8(5-2)9(11)6-7(3)10(12)13/h7-9,11H,4-6H2,1-3H3,(H,12,13). The maximum atomic E-state index is 10.5. The Balaban J connectivity index is 3.96. The lowest BCUT2D eigenvalue weighted by molar-refractivity contribution is -0.142. The molecule has 0 amide bonds. The number of aliphatic hydroxyl groups excluding tert-OH is 1. The van der Waals surface area contributed by atoms with Crippen molar-refractivity contribution in [3.63, 3.8) is 0 Å². The zero-order valence-corrected chi connectivity index (χ0v) is 8.66. The van der Waals surface area contributed by atoms with E-state index in [0.717, 1.165) is 12.8 Å². The van der Waals surface area contributed by atoms with Crippen LogP contribution in [0, 0.1) is 11.8 Å². The van der Waals surface area contributed by atoms with Crippen LogP contribution in [0.1, 0.15) is 40.0 Å². The second-order valence-corrected chi connectivity index (χ2v) is 3.62. The van der Waals surface area contributed by atoms with Gasteiger partial charge in [0, 0.05) is 0 Å². The van der Waals surface area contributed by atoms with E-state index in [9.17, 15) is 9.90 Å². The van der Waals surface area contributed by atoms with Gasteiger partial charge in [-0.3, -0.25) is 4.79 Å². The zero-order valence-electron chi connectivity index (χ0n) is 8.66. The average molecular weight is 188 g/mol. The fourth-order valence-electron chi connectivity index (χ4n) is 1.49. The van der Waals surface area contributed by atoms with Crippen LogP contribution in [-0.2, 0) is 4.79 Å². The van der Waals surface area contributed by atoms with Crippen molar-refractivity contribution in [2.75, 3.05) is 0 Å². The predicted molar refractivity (Wildman–Crippen MR) is 51.5 cm³/mol. The average Bonchev–Trinajstić information content (AvgIpc) is 2.06. The first-order chi connectivity index (χ1) is 6.02. The van der Waals surface area contributed by atoms with Crippen LogP contribution in [-0.4, -0.2) is 22.3 Å². The number of aliphatic hydroxyl groups is 1. The van der Waals surface area contributed by atoms with Crippen LogP contribution in [0.4, 0.5) is 0 Å². The molecular weight excluding hydrogens is 168 g/mol. The minimum Gasteiger partial charge on any atom is -0.481 e. The zero-order chi connectivity index (χ0) is 10.4. The second-order valence-electron chi connectivity index (χ2n) is 3.62. The van der Waals surface area contributed by atoms with Crippen LogP contribution < -0.4 is 0 Å². The molecule has 78 valence electrons. The first-order valence-electron chi connectivity index (χ1n) is 4.93. The van der Waals surface area contributed by atoms with E-state index in [1.165, 1.54) is 0 Å². The fourth-order valence-corrected chi connectivity index (χ4v) is 1.49. The molecule has 3 heteroatoms. The Bertz CT molecular complexity index is 152. The molecule has 0 aromatic heterocycles. The number of rotatable bonds is 6. The Kier molecular flexibility index (Phi) is 5.71. The van der Waals surface area contributed by atoms with E-state index in [1.54, 1.807) is 6.92 Å². The summed E-state index contributed by atoms with van der Waals surface area (Å²) >= 11 is 0. The quantitative estimate of drug-likeness (QED) is 0.669. The number of hydrogen-bond acceptors (Lipinski definition) is 2. The highest BCUT2D eigenvalue weighted by atomic mass is 16.4. The van der Waals surface area contributed by atoms with Crippen molar-refractivity contribution in [3.05, 3.63) is 0 Å². The van der Waals surface area contributed by atoms with E-state index in [0.29, 0.717) is 6.42 Å². The van der Waals surface area contributed by atoms with Crippen molar-refractivity contribution in [1.82, 2.24) is 0 Å². The van der Waals surface area contributed by atoms with Gasteiger partial charge in [-0.25, -0.2) is 0 Å². The van der Waals surface area contributed by atoms with E-state index in [-0.39, 0.29) is 5.92 Å². The van der Waals surface area contributed by atoms with Crippen molar-refractivity contribution in [2.24, 2.45) is 11.8 Å². The topological polar surface area (TPSA) is 57.5 Å². The Morgan fingerprint density at radius 2 is 1.77 bits per heavy atom. The van der Waals surface area contributed by atoms with Crippen LogP contribution in [0.2, 0.25) is 0 Å². The Hall–Kier alpha value is -0.570. The third kappa shape index (κ3) is 4.27. The molecule has 0 aliphatic rings. The number of carboxylic acids is 1. The molecule has 0 spiro atoms. The molecule has 0 aliphatic carbocycles. The summed E-state index contributed by atoms with van der Waals surface area (Å²) in [5.41, 5.74) is 0. The molecule has 2 N–H and O–H groups in total. The number of hydrogen-bond donors (Lipinski definition) is 2. The maximum Gasteiger partial charge on any atom is 0.306 e. The highest BCUT2D eigenvalue weighted by Gasteiger charge is 2.21. The highest BCUT2D eigenvalue weighted by molar-refractivity contribution is 5.69. The maximum absolute atomic E-state index is 10.5. The van der Waals surface area contributed by atoms with Gasteiger partial charge in [0.2, 0.25) is 0 Å². The molecule has 0 saturated carbocycles. The molecule has 0 fully saturated rings. The lowest BCUT2D eigenvalue weighted by Crippen LogP contribution is -2.24. The van der Waals surface area contributed by atoms with Crippen molar-refractivity contribution in [1.29, 1.82) is 0 Å². The number of carboxylic acid groups (broad SMARTS) is 1. The Morgan fingerprint density at radius 3 is 2.08 bits per heavy atom. The van der Waals surface area contributed by atoms with Crippen LogP contribution in [0.5, 0.6) is 0 Å². The van der Waals surface area contributed by atoms with Crippen LogP contribution >= 0.6 is 0 Å². The Morgan fingerprint density at radius 1 is 1.31 bits per heavy atom. The first kappa shape index (κ1) is 12.4. The van der Waals surface area contributed by atoms with Gasteiger partial charge in [-0.15, -0.1) is 0 Å². The third-order valence-corrected chi connectivity index (χ3v) is 2.61. The van der Waals surface area contributed by atoms with Crippen LogP contribution in [0.15, 0.2) is 0 Å². The first-order valence-corrected chi connectivity index (χ1v) is 4.93. The molecule has 2 atom stereocenters. The van der Waals surface area contributed by atoms with E-state index < -0.39 is 18.0 Å². The van der Waals surface area contributed by atoms with Crippen molar-refractivity contribution in [2.45, 2.75) is 46.1 Å². The minimum absolute atomic E-state index is 0.238. The summed E-state index contributed by atoms with van der Waals surface area (Å²) in [5.74, 6) is -1.04. The van der Waals surface area contributed by atoms with Gasteiger partial charge in [-0.1, -0.05) is 33.6 Å². The van der Waals surface area contributed by atoms with Gasteiger partial charge in [0.05, 0.1) is 12.0 Å². The lowest BCUT2D eigenvalue weighted by Gasteiger charge is -2.21. The second kappa shape index (κ2) is 5.97. The normalized spacial score (nSPS) is 15.8. The molecule has 0 bridgehead atoms. The molecule has 0 aromatic rings. The molecular formula is C10H20O3. The summed E-state index contributed by atoms with van der Waals surface area (Å²) in [7, 11) is 0. The largest absolute Gasteiger partial charge is 0.481 e. The smallest absolute Gasteiger partial charge is 0.306 e. The molecule has 13 heavy (non-hydrogen) atoms. The van der Waals surface area contributed by atoms with E-state index in [2.05, 4.69) is 0 Å². The van der Waals surface area contributed by atoms with Gasteiger partial charge in [0.15, 0.2) is 0 Å². The summed E-state index contributed by atoms with van der Waals surface area (Å²) < 4.78 is 0.